The highest BCUT2D eigenvalue weighted by atomic mass is 35.5. The molecule has 0 spiro atoms. The molecule has 0 amide bonds. The first-order valence-corrected chi connectivity index (χ1v) is 3.80. The second-order valence-corrected chi connectivity index (χ2v) is 2.50. The average Bonchev–Trinajstić information content (AvgIpc) is 2.17. The maximum Gasteiger partial charge on any atom is 0.208 e. The molecule has 0 saturated heterocycles. The van der Waals surface area contributed by atoms with Crippen molar-refractivity contribution < 1.29 is 9.47 Å². The van der Waals surface area contributed by atoms with E-state index in [1.165, 1.54) is 19.4 Å². The summed E-state index contributed by atoms with van der Waals surface area (Å²) in [6.45, 7) is 6.83. The normalized spacial score (nSPS) is 9.31. The van der Waals surface area contributed by atoms with Gasteiger partial charge in [0.25, 0.3) is 0 Å². The zero-order valence-corrected chi connectivity index (χ0v) is 7.71. The van der Waals surface area contributed by atoms with Crippen molar-refractivity contribution in [2.75, 3.05) is 13.9 Å². The van der Waals surface area contributed by atoms with Gasteiger partial charge in [-0.3, -0.25) is 4.98 Å². The summed E-state index contributed by atoms with van der Waals surface area (Å²) in [4.78, 5) is 6.96. The summed E-state index contributed by atoms with van der Waals surface area (Å²) in [5.41, 5.74) is 0.385. The van der Waals surface area contributed by atoms with Crippen molar-refractivity contribution in [3.8, 4) is 5.75 Å². The number of ether oxygens (including phenoxy) is 2. The van der Waals surface area contributed by atoms with Crippen LogP contribution in [0.15, 0.2) is 12.3 Å². The lowest BCUT2D eigenvalue weighted by Crippen LogP contribution is -1.99. The van der Waals surface area contributed by atoms with Crippen molar-refractivity contribution in [1.82, 2.24) is 4.98 Å². The molecule has 0 saturated carbocycles. The van der Waals surface area contributed by atoms with Crippen LogP contribution in [0.5, 0.6) is 5.75 Å². The van der Waals surface area contributed by atoms with Gasteiger partial charge in [-0.25, -0.2) is 4.85 Å². The van der Waals surface area contributed by atoms with Crippen molar-refractivity contribution in [3.05, 3.63) is 28.8 Å². The molecule has 0 unspecified atom stereocenters. The predicted molar refractivity (Wildman–Crippen MR) is 48.0 cm³/mol. The van der Waals surface area contributed by atoms with Crippen LogP contribution in [-0.4, -0.2) is 18.9 Å². The third-order valence-electron chi connectivity index (χ3n) is 1.25. The van der Waals surface area contributed by atoms with Gasteiger partial charge in [-0.05, 0) is 6.07 Å². The molecular weight excluding hydrogens is 192 g/mol. The lowest BCUT2D eigenvalue weighted by Gasteiger charge is -2.05. The van der Waals surface area contributed by atoms with Gasteiger partial charge in [0, 0.05) is 13.3 Å². The maximum atomic E-state index is 6.74. The molecule has 4 nitrogen and oxygen atoms in total. The molecule has 1 aromatic rings. The summed E-state index contributed by atoms with van der Waals surface area (Å²) in [6, 6.07) is 1.52. The SMILES string of the molecule is [C-]#[N+]c1cnc(Cl)c(OCOC)c1. The highest BCUT2D eigenvalue weighted by Crippen LogP contribution is 2.26. The molecule has 5 heteroatoms. The number of aromatic nitrogens is 1. The van der Waals surface area contributed by atoms with E-state index in [1.54, 1.807) is 0 Å². The number of nitrogens with zero attached hydrogens (tertiary/aromatic N) is 2. The second-order valence-electron chi connectivity index (χ2n) is 2.15. The molecule has 0 aliphatic heterocycles. The van der Waals surface area contributed by atoms with Crippen LogP contribution in [0.25, 0.3) is 4.85 Å². The monoisotopic (exact) mass is 198 g/mol. The number of hydrogen-bond donors (Lipinski definition) is 0. The number of methoxy groups -OCH3 is 1. The van der Waals surface area contributed by atoms with E-state index in [9.17, 15) is 0 Å². The largest absolute Gasteiger partial charge is 0.466 e. The molecule has 13 heavy (non-hydrogen) atoms. The molecule has 1 aromatic heterocycles. The first-order chi connectivity index (χ1) is 6.27. The molecule has 0 radical (unpaired) electrons. The quantitative estimate of drug-likeness (QED) is 0.425. The van der Waals surface area contributed by atoms with Gasteiger partial charge in [0.1, 0.15) is 5.75 Å². The number of pyridine rings is 1. The van der Waals surface area contributed by atoms with E-state index < -0.39 is 0 Å². The van der Waals surface area contributed by atoms with Crippen molar-refractivity contribution in [1.29, 1.82) is 0 Å². The fourth-order valence-electron chi connectivity index (χ4n) is 0.702. The minimum Gasteiger partial charge on any atom is -0.466 e. The summed E-state index contributed by atoms with van der Waals surface area (Å²) in [5.74, 6) is 0.358. The molecule has 0 bridgehead atoms. The van der Waals surface area contributed by atoms with Gasteiger partial charge in [0.15, 0.2) is 11.9 Å². The van der Waals surface area contributed by atoms with Crippen LogP contribution < -0.4 is 4.74 Å². The molecule has 68 valence electrons. The Kier molecular flexibility index (Phi) is 3.50. The fourth-order valence-corrected chi connectivity index (χ4v) is 0.860. The highest BCUT2D eigenvalue weighted by molar-refractivity contribution is 6.30. The molecule has 0 aliphatic carbocycles. The predicted octanol–water partition coefficient (Wildman–Crippen LogP) is 2.27. The number of halogens is 1. The summed E-state index contributed by atoms with van der Waals surface area (Å²) < 4.78 is 9.76. The van der Waals surface area contributed by atoms with Gasteiger partial charge >= 0.3 is 0 Å². The van der Waals surface area contributed by atoms with Crippen LogP contribution in [0.4, 0.5) is 5.69 Å². The third kappa shape index (κ3) is 2.58. The Morgan fingerprint density at radius 1 is 1.69 bits per heavy atom. The summed E-state index contributed by atoms with van der Waals surface area (Å²) in [5, 5.41) is 0.226. The van der Waals surface area contributed by atoms with Crippen LogP contribution >= 0.6 is 11.6 Å². The second kappa shape index (κ2) is 4.65. The molecule has 0 fully saturated rings. The topological polar surface area (TPSA) is 35.7 Å². The molecule has 1 heterocycles. The molecule has 1 rings (SSSR count). The minimum atomic E-state index is 0.0862. The van der Waals surface area contributed by atoms with E-state index in [2.05, 4.69) is 14.6 Å². The Balaban J connectivity index is 2.85. The van der Waals surface area contributed by atoms with Crippen LogP contribution in [-0.2, 0) is 4.74 Å². The van der Waals surface area contributed by atoms with Crippen LogP contribution in [0.3, 0.4) is 0 Å². The van der Waals surface area contributed by atoms with E-state index in [0.717, 1.165) is 0 Å². The third-order valence-corrected chi connectivity index (χ3v) is 1.54. The molecule has 0 N–H and O–H groups in total. The van der Waals surface area contributed by atoms with Crippen molar-refractivity contribution in [3.63, 3.8) is 0 Å². The molecule has 0 atom stereocenters. The summed E-state index contributed by atoms with van der Waals surface area (Å²) >= 11 is 5.69. The zero-order chi connectivity index (χ0) is 9.68. The Hall–Kier alpha value is -1.31. The Bertz CT molecular complexity index is 335. The Morgan fingerprint density at radius 2 is 2.46 bits per heavy atom. The Labute approximate surface area is 80.9 Å². The standard InChI is InChI=1S/C8H7ClN2O2/c1-10-6-3-7(13-5-12-2)8(9)11-4-6/h3-4H,5H2,2H3. The number of hydrogen-bond acceptors (Lipinski definition) is 3. The van der Waals surface area contributed by atoms with Crippen molar-refractivity contribution >= 4 is 17.3 Å². The lowest BCUT2D eigenvalue weighted by molar-refractivity contribution is 0.0510. The summed E-state index contributed by atoms with van der Waals surface area (Å²) in [7, 11) is 1.50. The highest BCUT2D eigenvalue weighted by Gasteiger charge is 2.03. The Morgan fingerprint density at radius 3 is 3.08 bits per heavy atom. The first kappa shape index (κ1) is 9.78. The fraction of sp³-hybridized carbons (Fsp3) is 0.250. The smallest absolute Gasteiger partial charge is 0.208 e. The van der Waals surface area contributed by atoms with Gasteiger partial charge in [0.05, 0.1) is 6.57 Å². The number of rotatable bonds is 3. The van der Waals surface area contributed by atoms with Crippen LogP contribution in [0.2, 0.25) is 5.15 Å². The molecule has 0 aliphatic rings. The lowest BCUT2D eigenvalue weighted by atomic mass is 10.4. The summed E-state index contributed by atoms with van der Waals surface area (Å²) in [6.07, 6.45) is 1.38. The van der Waals surface area contributed by atoms with E-state index in [1.807, 2.05) is 0 Å². The van der Waals surface area contributed by atoms with E-state index >= 15 is 0 Å². The molecule has 0 aromatic carbocycles. The van der Waals surface area contributed by atoms with Gasteiger partial charge < -0.3 is 9.47 Å². The van der Waals surface area contributed by atoms with Gasteiger partial charge in [-0.1, -0.05) is 11.6 Å². The van der Waals surface area contributed by atoms with E-state index in [0.29, 0.717) is 11.4 Å². The maximum absolute atomic E-state index is 6.74. The average molecular weight is 199 g/mol. The van der Waals surface area contributed by atoms with Gasteiger partial charge in [-0.15, -0.1) is 0 Å². The van der Waals surface area contributed by atoms with Gasteiger partial charge in [0.2, 0.25) is 5.69 Å². The minimum absolute atomic E-state index is 0.0862. The molecular formula is C8H7ClN2O2. The zero-order valence-electron chi connectivity index (χ0n) is 6.95. The van der Waals surface area contributed by atoms with Crippen molar-refractivity contribution in [2.24, 2.45) is 0 Å². The van der Waals surface area contributed by atoms with Gasteiger partial charge in [-0.2, -0.15) is 0 Å². The van der Waals surface area contributed by atoms with E-state index in [4.69, 9.17) is 22.9 Å². The van der Waals surface area contributed by atoms with Crippen LogP contribution in [0.1, 0.15) is 0 Å². The van der Waals surface area contributed by atoms with E-state index in [-0.39, 0.29) is 11.9 Å². The first-order valence-electron chi connectivity index (χ1n) is 3.42. The van der Waals surface area contributed by atoms with Crippen LogP contribution in [0, 0.1) is 6.57 Å². The van der Waals surface area contributed by atoms with Crippen molar-refractivity contribution in [2.45, 2.75) is 0 Å².